The van der Waals surface area contributed by atoms with Crippen LogP contribution in [0.3, 0.4) is 0 Å². The van der Waals surface area contributed by atoms with Crippen molar-refractivity contribution in [1.82, 2.24) is 9.62 Å². The first kappa shape index (κ1) is 16.4. The number of carbonyl (C=O) groups excluding carboxylic acids is 1. The lowest BCUT2D eigenvalue weighted by Gasteiger charge is -2.31. The van der Waals surface area contributed by atoms with Gasteiger partial charge in [0.05, 0.1) is 4.90 Å². The van der Waals surface area contributed by atoms with E-state index in [1.54, 1.807) is 30.1 Å². The zero-order valence-corrected chi connectivity index (χ0v) is 14.4. The molecular formula is C16H23N3O3S. The smallest absolute Gasteiger partial charge is 0.243 e. The number of anilines is 1. The normalized spacial score (nSPS) is 21.5. The standard InChI is InChI=1S/C16H23N3O3S/c1-12(20)19-9-7-13-10-15(5-6-16(13)19)23(21,22)18(2)14-4-3-8-17-11-14/h5-6,10,14,17H,3-4,7-9,11H2,1-2H3. The van der Waals surface area contributed by atoms with Crippen LogP contribution < -0.4 is 10.2 Å². The highest BCUT2D eigenvalue weighted by molar-refractivity contribution is 7.89. The Morgan fingerprint density at radius 1 is 1.39 bits per heavy atom. The molecule has 0 bridgehead atoms. The molecular weight excluding hydrogens is 314 g/mol. The van der Waals surface area contributed by atoms with E-state index in [2.05, 4.69) is 5.32 Å². The van der Waals surface area contributed by atoms with Crippen LogP contribution in [0.2, 0.25) is 0 Å². The number of benzene rings is 1. The molecule has 0 spiro atoms. The third kappa shape index (κ3) is 3.00. The number of nitrogens with zero attached hydrogens (tertiary/aromatic N) is 2. The summed E-state index contributed by atoms with van der Waals surface area (Å²) in [6.45, 7) is 3.79. The van der Waals surface area contributed by atoms with Gasteiger partial charge >= 0.3 is 0 Å². The molecule has 1 amide bonds. The van der Waals surface area contributed by atoms with Gasteiger partial charge in [0.25, 0.3) is 0 Å². The Morgan fingerprint density at radius 3 is 2.83 bits per heavy atom. The van der Waals surface area contributed by atoms with Crippen molar-refractivity contribution < 1.29 is 13.2 Å². The van der Waals surface area contributed by atoms with Crippen LogP contribution in [0.5, 0.6) is 0 Å². The minimum atomic E-state index is -3.51. The second-order valence-corrected chi connectivity index (χ2v) is 8.23. The number of rotatable bonds is 3. The van der Waals surface area contributed by atoms with Crippen molar-refractivity contribution in [3.8, 4) is 0 Å². The molecule has 1 aromatic rings. The van der Waals surface area contributed by atoms with E-state index >= 15 is 0 Å². The van der Waals surface area contributed by atoms with Crippen molar-refractivity contribution >= 4 is 21.6 Å². The molecule has 2 aliphatic heterocycles. The monoisotopic (exact) mass is 337 g/mol. The molecule has 1 N–H and O–H groups in total. The molecule has 0 radical (unpaired) electrons. The van der Waals surface area contributed by atoms with Crippen LogP contribution >= 0.6 is 0 Å². The van der Waals surface area contributed by atoms with Gasteiger partial charge in [0.2, 0.25) is 15.9 Å². The Hall–Kier alpha value is -1.44. The summed E-state index contributed by atoms with van der Waals surface area (Å²) in [5.41, 5.74) is 1.76. The number of sulfonamides is 1. The van der Waals surface area contributed by atoms with E-state index in [4.69, 9.17) is 0 Å². The maximum absolute atomic E-state index is 12.9. The number of fused-ring (bicyclic) bond motifs is 1. The fourth-order valence-corrected chi connectivity index (χ4v) is 4.81. The number of amides is 1. The van der Waals surface area contributed by atoms with E-state index in [1.165, 1.54) is 11.2 Å². The fourth-order valence-electron chi connectivity index (χ4n) is 3.37. The molecule has 1 saturated heterocycles. The van der Waals surface area contributed by atoms with Crippen LogP contribution in [0.1, 0.15) is 25.3 Å². The lowest BCUT2D eigenvalue weighted by molar-refractivity contribution is -0.116. The topological polar surface area (TPSA) is 69.7 Å². The van der Waals surface area contributed by atoms with Crippen molar-refractivity contribution in [1.29, 1.82) is 0 Å². The molecule has 1 aromatic carbocycles. The molecule has 1 atom stereocenters. The molecule has 23 heavy (non-hydrogen) atoms. The summed E-state index contributed by atoms with van der Waals surface area (Å²) in [7, 11) is -1.85. The predicted octanol–water partition coefficient (Wildman–Crippen LogP) is 0.968. The van der Waals surface area contributed by atoms with E-state index in [0.717, 1.165) is 30.6 Å². The first-order valence-corrected chi connectivity index (χ1v) is 9.45. The first-order valence-electron chi connectivity index (χ1n) is 8.01. The van der Waals surface area contributed by atoms with Crippen molar-refractivity contribution in [2.75, 3.05) is 31.6 Å². The summed E-state index contributed by atoms with van der Waals surface area (Å²) in [6.07, 6.45) is 2.57. The average Bonchev–Trinajstić information content (AvgIpc) is 2.98. The highest BCUT2D eigenvalue weighted by Crippen LogP contribution is 2.31. The second kappa shape index (κ2) is 6.22. The van der Waals surface area contributed by atoms with E-state index < -0.39 is 10.0 Å². The van der Waals surface area contributed by atoms with Crippen molar-refractivity contribution in [3.05, 3.63) is 23.8 Å². The highest BCUT2D eigenvalue weighted by Gasteiger charge is 2.31. The molecule has 3 rings (SSSR count). The quantitative estimate of drug-likeness (QED) is 0.892. The summed E-state index contributed by atoms with van der Waals surface area (Å²) >= 11 is 0. The zero-order valence-electron chi connectivity index (χ0n) is 13.6. The number of likely N-dealkylation sites (N-methyl/N-ethyl adjacent to an activating group) is 1. The first-order chi connectivity index (χ1) is 10.9. The van der Waals surface area contributed by atoms with Gasteiger partial charge in [-0.1, -0.05) is 0 Å². The van der Waals surface area contributed by atoms with Gasteiger partial charge in [0.15, 0.2) is 0 Å². The zero-order chi connectivity index (χ0) is 16.6. The lowest BCUT2D eigenvalue weighted by Crippen LogP contribution is -2.46. The molecule has 6 nitrogen and oxygen atoms in total. The largest absolute Gasteiger partial charge is 0.315 e. The summed E-state index contributed by atoms with van der Waals surface area (Å²) in [5, 5.41) is 3.25. The molecule has 2 heterocycles. The molecule has 1 fully saturated rings. The van der Waals surface area contributed by atoms with Crippen molar-refractivity contribution in [2.45, 2.75) is 37.1 Å². The molecule has 0 aliphatic carbocycles. The highest BCUT2D eigenvalue weighted by atomic mass is 32.2. The average molecular weight is 337 g/mol. The summed E-state index contributed by atoms with van der Waals surface area (Å²) in [4.78, 5) is 13.6. The van der Waals surface area contributed by atoms with Gasteiger partial charge in [-0.2, -0.15) is 4.31 Å². The van der Waals surface area contributed by atoms with Gasteiger partial charge in [-0.25, -0.2) is 8.42 Å². The molecule has 2 aliphatic rings. The van der Waals surface area contributed by atoms with Crippen molar-refractivity contribution in [2.24, 2.45) is 0 Å². The predicted molar refractivity (Wildman–Crippen MR) is 89.0 cm³/mol. The van der Waals surface area contributed by atoms with E-state index in [9.17, 15) is 13.2 Å². The van der Waals surface area contributed by atoms with Gasteiger partial charge in [0, 0.05) is 38.8 Å². The van der Waals surface area contributed by atoms with E-state index in [-0.39, 0.29) is 11.9 Å². The number of carbonyl (C=O) groups is 1. The Balaban J connectivity index is 1.88. The molecule has 0 aromatic heterocycles. The van der Waals surface area contributed by atoms with Gasteiger partial charge in [0.1, 0.15) is 0 Å². The van der Waals surface area contributed by atoms with Crippen molar-refractivity contribution in [3.63, 3.8) is 0 Å². The molecule has 126 valence electrons. The number of nitrogens with one attached hydrogen (secondary N) is 1. The lowest BCUT2D eigenvalue weighted by atomic mass is 10.1. The minimum Gasteiger partial charge on any atom is -0.315 e. The maximum Gasteiger partial charge on any atom is 0.243 e. The second-order valence-electron chi connectivity index (χ2n) is 6.23. The third-order valence-corrected chi connectivity index (χ3v) is 6.69. The molecule has 0 saturated carbocycles. The van der Waals surface area contributed by atoms with Crippen LogP contribution in [0.15, 0.2) is 23.1 Å². The van der Waals surface area contributed by atoms with E-state index in [0.29, 0.717) is 24.4 Å². The molecule has 1 unspecified atom stereocenters. The Labute approximate surface area is 137 Å². The SMILES string of the molecule is CC(=O)N1CCc2cc(S(=O)(=O)N(C)C3CCCNC3)ccc21. The van der Waals surface area contributed by atoms with Crippen LogP contribution in [0.25, 0.3) is 0 Å². The van der Waals surface area contributed by atoms with E-state index in [1.807, 2.05) is 0 Å². The van der Waals surface area contributed by atoms with Crippen LogP contribution in [-0.2, 0) is 21.2 Å². The number of piperidine rings is 1. The van der Waals surface area contributed by atoms with Gasteiger partial charge in [-0.15, -0.1) is 0 Å². The van der Waals surface area contributed by atoms with Crippen LogP contribution in [0, 0.1) is 0 Å². The Kier molecular flexibility index (Phi) is 4.44. The maximum atomic E-state index is 12.9. The van der Waals surface area contributed by atoms with Gasteiger partial charge in [-0.05, 0) is 49.6 Å². The third-order valence-electron chi connectivity index (χ3n) is 4.79. The number of hydrogen-bond donors (Lipinski definition) is 1. The molecule has 7 heteroatoms. The minimum absolute atomic E-state index is 0.00396. The summed E-state index contributed by atoms with van der Waals surface area (Å²) in [5.74, 6) is -0.00949. The van der Waals surface area contributed by atoms with Crippen LogP contribution in [0.4, 0.5) is 5.69 Å². The fraction of sp³-hybridized carbons (Fsp3) is 0.562. The Morgan fingerprint density at radius 2 is 2.17 bits per heavy atom. The number of hydrogen-bond acceptors (Lipinski definition) is 4. The van der Waals surface area contributed by atoms with Gasteiger partial charge in [-0.3, -0.25) is 4.79 Å². The summed E-state index contributed by atoms with van der Waals surface area (Å²) in [6, 6.07) is 5.09. The van der Waals surface area contributed by atoms with Gasteiger partial charge < -0.3 is 10.2 Å². The Bertz CT molecular complexity index is 711. The van der Waals surface area contributed by atoms with Crippen LogP contribution in [-0.4, -0.2) is 51.4 Å². The summed E-state index contributed by atoms with van der Waals surface area (Å²) < 4.78 is 27.2.